The molecule has 1 saturated heterocycles. The van der Waals surface area contributed by atoms with Gasteiger partial charge in [0.1, 0.15) is 5.82 Å². The van der Waals surface area contributed by atoms with E-state index in [1.165, 1.54) is 19.3 Å². The largest absolute Gasteiger partial charge is 0.337 e. The Balaban J connectivity index is 1.88. The van der Waals surface area contributed by atoms with Crippen LogP contribution in [-0.4, -0.2) is 40.9 Å². The predicted octanol–water partition coefficient (Wildman–Crippen LogP) is 1.34. The second-order valence-corrected chi connectivity index (χ2v) is 4.84. The van der Waals surface area contributed by atoms with Gasteiger partial charge >= 0.3 is 0 Å². The second-order valence-electron chi connectivity index (χ2n) is 4.84. The van der Waals surface area contributed by atoms with Crippen LogP contribution in [0.1, 0.15) is 38.9 Å². The normalized spacial score (nSPS) is 20.8. The lowest BCUT2D eigenvalue weighted by molar-refractivity contribution is 0.479. The van der Waals surface area contributed by atoms with Crippen molar-refractivity contribution in [3.05, 3.63) is 5.82 Å². The van der Waals surface area contributed by atoms with Crippen LogP contribution in [0.2, 0.25) is 0 Å². The molecule has 1 aliphatic heterocycles. The third-order valence-electron chi connectivity index (χ3n) is 3.19. The Hall–Kier alpha value is -1.10. The number of H-pyrrole nitrogens is 1. The zero-order chi connectivity index (χ0) is 12.1. The molecule has 2 rings (SSSR count). The van der Waals surface area contributed by atoms with Crippen molar-refractivity contribution in [3.63, 3.8) is 0 Å². The number of rotatable bonds is 5. The van der Waals surface area contributed by atoms with Crippen LogP contribution in [0.3, 0.4) is 0 Å². The molecule has 0 unspecified atom stereocenters. The summed E-state index contributed by atoms with van der Waals surface area (Å²) < 4.78 is 0. The maximum Gasteiger partial charge on any atom is 0.244 e. The first-order chi connectivity index (χ1) is 8.29. The van der Waals surface area contributed by atoms with Crippen LogP contribution in [0, 0.1) is 0 Å². The van der Waals surface area contributed by atoms with Gasteiger partial charge in [-0.3, -0.25) is 5.10 Å². The number of hydrogen-bond acceptors (Lipinski definition) is 4. The lowest BCUT2D eigenvalue weighted by Gasteiger charge is -2.30. The number of nitrogens with zero attached hydrogens (tertiary/aromatic N) is 3. The van der Waals surface area contributed by atoms with E-state index in [4.69, 9.17) is 0 Å². The van der Waals surface area contributed by atoms with E-state index in [1.54, 1.807) is 0 Å². The lowest BCUT2D eigenvalue weighted by atomic mass is 10.2. The summed E-state index contributed by atoms with van der Waals surface area (Å²) in [6.07, 6.45) is 4.72. The van der Waals surface area contributed by atoms with Gasteiger partial charge in [-0.2, -0.15) is 4.98 Å². The smallest absolute Gasteiger partial charge is 0.244 e. The quantitative estimate of drug-likeness (QED) is 0.759. The fraction of sp³-hybridized carbons (Fsp3) is 0.833. The third kappa shape index (κ3) is 3.43. The van der Waals surface area contributed by atoms with Crippen molar-refractivity contribution in [2.75, 3.05) is 24.5 Å². The summed E-state index contributed by atoms with van der Waals surface area (Å²) in [6.45, 7) is 7.42. The number of aryl methyl sites for hydroxylation is 1. The highest BCUT2D eigenvalue weighted by molar-refractivity contribution is 5.30. The van der Waals surface area contributed by atoms with E-state index < -0.39 is 0 Å². The minimum absolute atomic E-state index is 0.519. The van der Waals surface area contributed by atoms with Crippen molar-refractivity contribution >= 4 is 5.95 Å². The lowest BCUT2D eigenvalue weighted by Crippen LogP contribution is -2.49. The second kappa shape index (κ2) is 6.00. The number of nitrogens with one attached hydrogen (secondary N) is 2. The predicted molar refractivity (Wildman–Crippen MR) is 69.3 cm³/mol. The third-order valence-corrected chi connectivity index (χ3v) is 3.19. The fourth-order valence-electron chi connectivity index (χ4n) is 2.19. The van der Waals surface area contributed by atoms with Gasteiger partial charge in [0.05, 0.1) is 0 Å². The van der Waals surface area contributed by atoms with Crippen molar-refractivity contribution in [3.8, 4) is 0 Å². The summed E-state index contributed by atoms with van der Waals surface area (Å²) in [5, 5.41) is 10.8. The average molecular weight is 237 g/mol. The van der Waals surface area contributed by atoms with Gasteiger partial charge in [-0.1, -0.05) is 19.8 Å². The van der Waals surface area contributed by atoms with E-state index in [2.05, 4.69) is 39.2 Å². The maximum atomic E-state index is 4.57. The molecule has 0 aliphatic carbocycles. The summed E-state index contributed by atoms with van der Waals surface area (Å²) >= 11 is 0. The summed E-state index contributed by atoms with van der Waals surface area (Å²) in [5.74, 6) is 1.89. The molecule has 1 atom stereocenters. The van der Waals surface area contributed by atoms with Crippen molar-refractivity contribution in [1.82, 2.24) is 20.5 Å². The molecule has 0 amide bonds. The molecule has 1 aromatic heterocycles. The molecule has 0 radical (unpaired) electrons. The van der Waals surface area contributed by atoms with Crippen LogP contribution in [0.15, 0.2) is 0 Å². The van der Waals surface area contributed by atoms with E-state index in [-0.39, 0.29) is 0 Å². The minimum atomic E-state index is 0.519. The van der Waals surface area contributed by atoms with Crippen LogP contribution in [0.4, 0.5) is 5.95 Å². The Morgan fingerprint density at radius 3 is 3.06 bits per heavy atom. The standard InChI is InChI=1S/C12H23N5/c1-3-4-5-6-11-14-12(16-15-11)17-8-7-13-10(2)9-17/h10,13H,3-9H2,1-2H3,(H,14,15,16)/t10-/m0/s1. The van der Waals surface area contributed by atoms with Gasteiger partial charge in [0.25, 0.3) is 0 Å². The molecule has 0 bridgehead atoms. The summed E-state index contributed by atoms with van der Waals surface area (Å²) in [7, 11) is 0. The first kappa shape index (κ1) is 12.4. The summed E-state index contributed by atoms with van der Waals surface area (Å²) in [4.78, 5) is 6.82. The number of piperazine rings is 1. The van der Waals surface area contributed by atoms with E-state index in [0.29, 0.717) is 6.04 Å². The number of aromatic nitrogens is 3. The van der Waals surface area contributed by atoms with Crippen LogP contribution in [0.25, 0.3) is 0 Å². The zero-order valence-corrected chi connectivity index (χ0v) is 10.9. The number of hydrogen-bond donors (Lipinski definition) is 2. The Morgan fingerprint density at radius 1 is 1.41 bits per heavy atom. The van der Waals surface area contributed by atoms with Crippen molar-refractivity contribution < 1.29 is 0 Å². The topological polar surface area (TPSA) is 56.8 Å². The number of unbranched alkanes of at least 4 members (excludes halogenated alkanes) is 2. The Bertz CT molecular complexity index is 335. The number of aromatic amines is 1. The van der Waals surface area contributed by atoms with E-state index in [9.17, 15) is 0 Å². The Kier molecular flexibility index (Phi) is 4.36. The first-order valence-corrected chi connectivity index (χ1v) is 6.69. The van der Waals surface area contributed by atoms with Crippen LogP contribution >= 0.6 is 0 Å². The molecule has 0 spiro atoms. The van der Waals surface area contributed by atoms with E-state index in [1.807, 2.05) is 0 Å². The average Bonchev–Trinajstić information content (AvgIpc) is 2.78. The molecule has 1 fully saturated rings. The van der Waals surface area contributed by atoms with Gasteiger partial charge < -0.3 is 10.2 Å². The highest BCUT2D eigenvalue weighted by Crippen LogP contribution is 2.11. The van der Waals surface area contributed by atoms with Crippen molar-refractivity contribution in [2.24, 2.45) is 0 Å². The Morgan fingerprint density at radius 2 is 2.29 bits per heavy atom. The molecule has 5 nitrogen and oxygen atoms in total. The van der Waals surface area contributed by atoms with Crippen LogP contribution in [-0.2, 0) is 6.42 Å². The van der Waals surface area contributed by atoms with Gasteiger partial charge in [-0.05, 0) is 13.3 Å². The summed E-state index contributed by atoms with van der Waals surface area (Å²) in [6, 6.07) is 0.519. The Labute approximate surface area is 103 Å². The van der Waals surface area contributed by atoms with Gasteiger partial charge in [-0.15, -0.1) is 5.10 Å². The van der Waals surface area contributed by atoms with Gasteiger partial charge in [0.2, 0.25) is 5.95 Å². The molecule has 0 aromatic carbocycles. The van der Waals surface area contributed by atoms with E-state index in [0.717, 1.165) is 37.8 Å². The molecule has 96 valence electrons. The first-order valence-electron chi connectivity index (χ1n) is 6.69. The van der Waals surface area contributed by atoms with Gasteiger partial charge in [0.15, 0.2) is 0 Å². The summed E-state index contributed by atoms with van der Waals surface area (Å²) in [5.41, 5.74) is 0. The van der Waals surface area contributed by atoms with Crippen LogP contribution in [0.5, 0.6) is 0 Å². The monoisotopic (exact) mass is 237 g/mol. The molecule has 0 saturated carbocycles. The molecular formula is C12H23N5. The molecular weight excluding hydrogens is 214 g/mol. The van der Waals surface area contributed by atoms with Gasteiger partial charge in [0, 0.05) is 32.1 Å². The highest BCUT2D eigenvalue weighted by atomic mass is 15.4. The maximum absolute atomic E-state index is 4.57. The SMILES string of the molecule is CCCCCc1nc(N2CCN[C@@H](C)C2)n[nH]1. The molecule has 1 aliphatic rings. The highest BCUT2D eigenvalue weighted by Gasteiger charge is 2.18. The zero-order valence-electron chi connectivity index (χ0n) is 10.9. The molecule has 2 heterocycles. The molecule has 5 heteroatoms. The van der Waals surface area contributed by atoms with Crippen LogP contribution < -0.4 is 10.2 Å². The van der Waals surface area contributed by atoms with Crippen molar-refractivity contribution in [1.29, 1.82) is 0 Å². The van der Waals surface area contributed by atoms with Gasteiger partial charge in [-0.25, -0.2) is 0 Å². The molecule has 1 aromatic rings. The van der Waals surface area contributed by atoms with Crippen molar-refractivity contribution in [2.45, 2.75) is 45.6 Å². The molecule has 17 heavy (non-hydrogen) atoms. The van der Waals surface area contributed by atoms with E-state index >= 15 is 0 Å². The minimum Gasteiger partial charge on any atom is -0.337 e. The molecule has 2 N–H and O–H groups in total. The number of anilines is 1. The fourth-order valence-corrected chi connectivity index (χ4v) is 2.19.